The third kappa shape index (κ3) is 2.68. The van der Waals surface area contributed by atoms with Crippen molar-refractivity contribution < 1.29 is 14.2 Å². The minimum absolute atomic E-state index is 0.353. The first kappa shape index (κ1) is 17.1. The molecule has 0 aliphatic rings. The van der Waals surface area contributed by atoms with E-state index in [4.69, 9.17) is 9.07 Å². The average Bonchev–Trinajstić information content (AvgIpc) is 2.98. The minimum Gasteiger partial charge on any atom is -0.455 e. The molecule has 0 atom stereocenters. The van der Waals surface area contributed by atoms with Gasteiger partial charge in [0.05, 0.1) is 17.4 Å². The first-order valence-corrected chi connectivity index (χ1v) is 8.81. The maximum Gasteiger partial charge on any atom is 0.313 e. The highest BCUT2D eigenvalue weighted by Gasteiger charge is 2.36. The Morgan fingerprint density at radius 3 is 2.62 bits per heavy atom. The molecule has 0 fully saturated rings. The first-order valence-electron chi connectivity index (χ1n) is 8.81. The van der Waals surface area contributed by atoms with Crippen LogP contribution in [0.15, 0.2) is 53.2 Å². The maximum absolute atomic E-state index is 10.4. The van der Waals surface area contributed by atoms with E-state index in [0.29, 0.717) is 7.48 Å². The van der Waals surface area contributed by atoms with Gasteiger partial charge in [0.15, 0.2) is 5.58 Å². The monoisotopic (exact) mass is 347 g/mol. The lowest BCUT2D eigenvalue weighted by Gasteiger charge is -2.37. The highest BCUT2D eigenvalue weighted by Crippen LogP contribution is 2.33. The van der Waals surface area contributed by atoms with E-state index in [0.717, 1.165) is 38.2 Å². The standard InChI is InChI=1S/C21H22BNO3/c1-20(2,24)21(3,4)26-22-16-11-13-7-5-6-8-14(13)18-15-9-10-23-12-17(15)25-19(16)18/h5-12,22,24H,1-4H3. The predicted octanol–water partition coefficient (Wildman–Crippen LogP) is 3.68. The largest absolute Gasteiger partial charge is 0.455 e. The van der Waals surface area contributed by atoms with Crippen molar-refractivity contribution in [2.75, 3.05) is 0 Å². The zero-order valence-corrected chi connectivity index (χ0v) is 15.5. The molecule has 26 heavy (non-hydrogen) atoms. The average molecular weight is 347 g/mol. The Morgan fingerprint density at radius 1 is 1.08 bits per heavy atom. The van der Waals surface area contributed by atoms with Gasteiger partial charge in [-0.05, 0) is 50.0 Å². The van der Waals surface area contributed by atoms with Crippen LogP contribution in [0.2, 0.25) is 0 Å². The molecule has 0 saturated heterocycles. The molecule has 0 saturated carbocycles. The summed E-state index contributed by atoms with van der Waals surface area (Å²) in [5.41, 5.74) is 0.895. The van der Waals surface area contributed by atoms with Crippen LogP contribution >= 0.6 is 0 Å². The molecule has 4 aromatic rings. The van der Waals surface area contributed by atoms with Gasteiger partial charge in [0, 0.05) is 17.0 Å². The fraction of sp³-hybridized carbons (Fsp3) is 0.286. The molecule has 0 bridgehead atoms. The van der Waals surface area contributed by atoms with E-state index in [9.17, 15) is 5.11 Å². The van der Waals surface area contributed by atoms with Crippen LogP contribution in [0.4, 0.5) is 0 Å². The van der Waals surface area contributed by atoms with E-state index in [-0.39, 0.29) is 0 Å². The van der Waals surface area contributed by atoms with Gasteiger partial charge in [0.1, 0.15) is 5.58 Å². The van der Waals surface area contributed by atoms with Gasteiger partial charge in [-0.15, -0.1) is 0 Å². The summed E-state index contributed by atoms with van der Waals surface area (Å²) < 4.78 is 12.2. The third-order valence-corrected chi connectivity index (χ3v) is 5.41. The number of aliphatic hydroxyl groups is 1. The van der Waals surface area contributed by atoms with Gasteiger partial charge in [-0.25, -0.2) is 0 Å². The fourth-order valence-electron chi connectivity index (χ4n) is 3.09. The summed E-state index contributed by atoms with van der Waals surface area (Å²) in [4.78, 5) is 4.18. The molecule has 0 amide bonds. The molecule has 4 nitrogen and oxygen atoms in total. The quantitative estimate of drug-likeness (QED) is 0.572. The van der Waals surface area contributed by atoms with Crippen molar-refractivity contribution in [3.8, 4) is 0 Å². The topological polar surface area (TPSA) is 55.5 Å². The lowest BCUT2D eigenvalue weighted by molar-refractivity contribution is -0.0893. The van der Waals surface area contributed by atoms with Crippen LogP contribution < -0.4 is 5.46 Å². The minimum atomic E-state index is -0.958. The second-order valence-corrected chi connectivity index (χ2v) is 7.79. The summed E-state index contributed by atoms with van der Waals surface area (Å²) in [6.45, 7) is 7.31. The number of fused-ring (bicyclic) bond motifs is 5. The van der Waals surface area contributed by atoms with Crippen molar-refractivity contribution in [3.63, 3.8) is 0 Å². The predicted molar refractivity (Wildman–Crippen MR) is 107 cm³/mol. The fourth-order valence-corrected chi connectivity index (χ4v) is 3.09. The normalized spacial score (nSPS) is 13.0. The molecule has 2 heterocycles. The number of furan rings is 1. The second kappa shape index (κ2) is 5.83. The molecular weight excluding hydrogens is 325 g/mol. The number of hydrogen-bond acceptors (Lipinski definition) is 4. The Hall–Kier alpha value is -2.37. The van der Waals surface area contributed by atoms with Gasteiger partial charge < -0.3 is 14.2 Å². The molecule has 0 aliphatic heterocycles. The summed E-state index contributed by atoms with van der Waals surface area (Å²) in [5, 5.41) is 14.8. The number of aromatic nitrogens is 1. The number of benzene rings is 2. The van der Waals surface area contributed by atoms with E-state index in [1.54, 1.807) is 26.2 Å². The summed E-state index contributed by atoms with van der Waals surface area (Å²) in [7, 11) is 0.353. The Bertz CT molecular complexity index is 1110. The van der Waals surface area contributed by atoms with E-state index in [1.165, 1.54) is 0 Å². The molecule has 5 heteroatoms. The summed E-state index contributed by atoms with van der Waals surface area (Å²) in [5.74, 6) is 0. The van der Waals surface area contributed by atoms with Crippen LogP contribution in [-0.4, -0.2) is 28.8 Å². The zero-order valence-electron chi connectivity index (χ0n) is 15.5. The van der Waals surface area contributed by atoms with Crippen LogP contribution in [0.5, 0.6) is 0 Å². The van der Waals surface area contributed by atoms with Crippen LogP contribution in [0, 0.1) is 0 Å². The zero-order chi connectivity index (χ0) is 18.5. The summed E-state index contributed by atoms with van der Waals surface area (Å²) in [6, 6.07) is 12.4. The molecular formula is C21H22BNO3. The Kier molecular flexibility index (Phi) is 3.83. The van der Waals surface area contributed by atoms with Gasteiger partial charge in [-0.1, -0.05) is 30.3 Å². The second-order valence-electron chi connectivity index (χ2n) is 7.79. The third-order valence-electron chi connectivity index (χ3n) is 5.41. The van der Waals surface area contributed by atoms with E-state index < -0.39 is 11.2 Å². The van der Waals surface area contributed by atoms with Crippen molar-refractivity contribution in [1.82, 2.24) is 4.98 Å². The highest BCUT2D eigenvalue weighted by molar-refractivity contribution is 6.52. The van der Waals surface area contributed by atoms with Crippen molar-refractivity contribution >= 4 is 45.7 Å². The molecule has 0 spiro atoms. The highest BCUT2D eigenvalue weighted by atomic mass is 16.5. The Morgan fingerprint density at radius 2 is 1.85 bits per heavy atom. The molecule has 0 radical (unpaired) electrons. The molecule has 2 aromatic carbocycles. The smallest absolute Gasteiger partial charge is 0.313 e. The number of pyridine rings is 1. The molecule has 0 unspecified atom stereocenters. The molecule has 2 aromatic heterocycles. The summed E-state index contributed by atoms with van der Waals surface area (Å²) in [6.07, 6.45) is 3.53. The van der Waals surface area contributed by atoms with Gasteiger partial charge in [-0.2, -0.15) is 0 Å². The van der Waals surface area contributed by atoms with Crippen LogP contribution in [0.3, 0.4) is 0 Å². The molecule has 0 aliphatic carbocycles. The van der Waals surface area contributed by atoms with Gasteiger partial charge in [0.25, 0.3) is 0 Å². The Balaban J connectivity index is 1.91. The van der Waals surface area contributed by atoms with Crippen LogP contribution in [0.1, 0.15) is 27.7 Å². The lowest BCUT2D eigenvalue weighted by Crippen LogP contribution is -2.49. The molecule has 132 valence electrons. The number of hydrogen-bond donors (Lipinski definition) is 1. The lowest BCUT2D eigenvalue weighted by atomic mass is 9.81. The van der Waals surface area contributed by atoms with Crippen molar-refractivity contribution in [1.29, 1.82) is 0 Å². The first-order chi connectivity index (χ1) is 12.3. The van der Waals surface area contributed by atoms with Crippen molar-refractivity contribution in [3.05, 3.63) is 48.8 Å². The van der Waals surface area contributed by atoms with Crippen LogP contribution in [0.25, 0.3) is 32.7 Å². The number of nitrogens with zero attached hydrogens (tertiary/aromatic N) is 1. The summed E-state index contributed by atoms with van der Waals surface area (Å²) >= 11 is 0. The van der Waals surface area contributed by atoms with Gasteiger partial charge >= 0.3 is 7.48 Å². The van der Waals surface area contributed by atoms with E-state index in [2.05, 4.69) is 23.2 Å². The van der Waals surface area contributed by atoms with Crippen molar-refractivity contribution in [2.24, 2.45) is 0 Å². The SMILES string of the molecule is CC(C)(O)C(C)(C)OBc1cc2ccccc2c2c1oc1cnccc12. The van der Waals surface area contributed by atoms with Gasteiger partial charge in [-0.3, -0.25) is 4.98 Å². The van der Waals surface area contributed by atoms with Crippen molar-refractivity contribution in [2.45, 2.75) is 38.9 Å². The Labute approximate surface area is 153 Å². The number of rotatable bonds is 4. The maximum atomic E-state index is 10.4. The molecule has 1 N–H and O–H groups in total. The van der Waals surface area contributed by atoms with E-state index >= 15 is 0 Å². The van der Waals surface area contributed by atoms with E-state index in [1.807, 2.05) is 32.0 Å². The van der Waals surface area contributed by atoms with Gasteiger partial charge in [0.2, 0.25) is 0 Å². The van der Waals surface area contributed by atoms with Crippen LogP contribution in [-0.2, 0) is 4.65 Å². The molecule has 4 rings (SSSR count).